The molecule has 9 heteroatoms. The lowest BCUT2D eigenvalue weighted by Gasteiger charge is -2.28. The molecule has 2 N–H and O–H groups in total. The SMILES string of the molecule is Cn1nc(C(=O)Nc2ccc(N3CCOCC3)cc2)cc1NC(=O)c1ccco1. The molecule has 0 unspecified atom stereocenters. The molecule has 0 spiro atoms. The fourth-order valence-corrected chi connectivity index (χ4v) is 3.05. The van der Waals surface area contributed by atoms with Gasteiger partial charge in [0.05, 0.1) is 19.5 Å². The smallest absolute Gasteiger partial charge is 0.292 e. The Bertz CT molecular complexity index is 989. The zero-order chi connectivity index (χ0) is 20.2. The van der Waals surface area contributed by atoms with E-state index in [0.29, 0.717) is 11.5 Å². The molecular weight excluding hydrogens is 374 g/mol. The van der Waals surface area contributed by atoms with Gasteiger partial charge in [-0.25, -0.2) is 0 Å². The van der Waals surface area contributed by atoms with E-state index in [-0.39, 0.29) is 17.4 Å². The second kappa shape index (κ2) is 8.19. The van der Waals surface area contributed by atoms with Gasteiger partial charge >= 0.3 is 0 Å². The average molecular weight is 395 g/mol. The van der Waals surface area contributed by atoms with Crippen LogP contribution >= 0.6 is 0 Å². The van der Waals surface area contributed by atoms with Crippen LogP contribution in [0.15, 0.2) is 53.1 Å². The molecule has 2 amide bonds. The summed E-state index contributed by atoms with van der Waals surface area (Å²) in [6.07, 6.45) is 1.42. The molecule has 1 fully saturated rings. The summed E-state index contributed by atoms with van der Waals surface area (Å²) in [6, 6.07) is 12.3. The third kappa shape index (κ3) is 4.30. The van der Waals surface area contributed by atoms with Gasteiger partial charge in [-0.1, -0.05) is 0 Å². The van der Waals surface area contributed by atoms with Gasteiger partial charge in [-0.3, -0.25) is 14.3 Å². The van der Waals surface area contributed by atoms with Crippen LogP contribution in [0.5, 0.6) is 0 Å². The largest absolute Gasteiger partial charge is 0.459 e. The zero-order valence-corrected chi connectivity index (χ0v) is 15.9. The van der Waals surface area contributed by atoms with Crippen LogP contribution in [0.3, 0.4) is 0 Å². The summed E-state index contributed by atoms with van der Waals surface area (Å²) >= 11 is 0. The van der Waals surface area contributed by atoms with Gasteiger partial charge in [0.1, 0.15) is 5.82 Å². The van der Waals surface area contributed by atoms with Crippen molar-refractivity contribution in [3.63, 3.8) is 0 Å². The van der Waals surface area contributed by atoms with Crippen LogP contribution in [-0.2, 0) is 11.8 Å². The molecule has 1 aliphatic rings. The van der Waals surface area contributed by atoms with E-state index >= 15 is 0 Å². The van der Waals surface area contributed by atoms with E-state index in [0.717, 1.165) is 32.0 Å². The van der Waals surface area contributed by atoms with Gasteiger partial charge in [0.15, 0.2) is 11.5 Å². The number of aromatic nitrogens is 2. The summed E-state index contributed by atoms with van der Waals surface area (Å²) in [7, 11) is 1.64. The second-order valence-electron chi connectivity index (χ2n) is 6.57. The molecule has 0 aliphatic carbocycles. The van der Waals surface area contributed by atoms with Crippen molar-refractivity contribution >= 4 is 29.0 Å². The monoisotopic (exact) mass is 395 g/mol. The van der Waals surface area contributed by atoms with Crippen LogP contribution in [0.2, 0.25) is 0 Å². The number of amides is 2. The Morgan fingerprint density at radius 2 is 1.79 bits per heavy atom. The zero-order valence-electron chi connectivity index (χ0n) is 15.9. The van der Waals surface area contributed by atoms with Crippen molar-refractivity contribution < 1.29 is 18.7 Å². The first-order valence-corrected chi connectivity index (χ1v) is 9.23. The highest BCUT2D eigenvalue weighted by Gasteiger charge is 2.17. The summed E-state index contributed by atoms with van der Waals surface area (Å²) in [5, 5.41) is 9.66. The number of anilines is 3. The van der Waals surface area contributed by atoms with Gasteiger partial charge in [-0.2, -0.15) is 5.10 Å². The molecule has 150 valence electrons. The number of carbonyl (C=O) groups is 2. The van der Waals surface area contributed by atoms with Gasteiger partial charge in [0, 0.05) is 37.6 Å². The Morgan fingerprint density at radius 1 is 1.03 bits per heavy atom. The number of hydrogen-bond donors (Lipinski definition) is 2. The maximum atomic E-state index is 12.5. The highest BCUT2D eigenvalue weighted by atomic mass is 16.5. The topological polar surface area (TPSA) is 102 Å². The normalized spacial score (nSPS) is 13.9. The molecular formula is C20H21N5O4. The summed E-state index contributed by atoms with van der Waals surface area (Å²) < 4.78 is 11.9. The molecule has 1 aliphatic heterocycles. The molecule has 0 bridgehead atoms. The van der Waals surface area contributed by atoms with Crippen molar-refractivity contribution in [1.29, 1.82) is 0 Å². The minimum absolute atomic E-state index is 0.178. The number of hydrogen-bond acceptors (Lipinski definition) is 6. The fraction of sp³-hybridized carbons (Fsp3) is 0.250. The van der Waals surface area contributed by atoms with Crippen LogP contribution in [0, 0.1) is 0 Å². The van der Waals surface area contributed by atoms with Crippen LogP contribution in [-0.4, -0.2) is 47.9 Å². The van der Waals surface area contributed by atoms with Gasteiger partial charge in [0.2, 0.25) is 0 Å². The lowest BCUT2D eigenvalue weighted by Crippen LogP contribution is -2.36. The van der Waals surface area contributed by atoms with Crippen molar-refractivity contribution in [2.45, 2.75) is 0 Å². The molecule has 9 nitrogen and oxygen atoms in total. The summed E-state index contributed by atoms with van der Waals surface area (Å²) in [6.45, 7) is 3.15. The van der Waals surface area contributed by atoms with Crippen molar-refractivity contribution in [3.8, 4) is 0 Å². The minimum atomic E-state index is -0.413. The van der Waals surface area contributed by atoms with E-state index in [2.05, 4.69) is 20.6 Å². The number of aryl methyl sites for hydroxylation is 1. The van der Waals surface area contributed by atoms with Gasteiger partial charge in [0.25, 0.3) is 11.8 Å². The average Bonchev–Trinajstić information content (AvgIpc) is 3.40. The molecule has 29 heavy (non-hydrogen) atoms. The first-order valence-electron chi connectivity index (χ1n) is 9.23. The van der Waals surface area contributed by atoms with Crippen molar-refractivity contribution in [3.05, 3.63) is 60.2 Å². The third-order valence-electron chi connectivity index (χ3n) is 4.60. The van der Waals surface area contributed by atoms with Crippen LogP contribution in [0.25, 0.3) is 0 Å². The lowest BCUT2D eigenvalue weighted by molar-refractivity contribution is 0.0993. The highest BCUT2D eigenvalue weighted by Crippen LogP contribution is 2.20. The maximum absolute atomic E-state index is 12.5. The second-order valence-corrected chi connectivity index (χ2v) is 6.57. The summed E-state index contributed by atoms with van der Waals surface area (Å²) in [5.74, 6) is -0.210. The Labute approximate surface area is 167 Å². The molecule has 4 rings (SSSR count). The number of benzene rings is 1. The molecule has 0 saturated carbocycles. The van der Waals surface area contributed by atoms with E-state index in [4.69, 9.17) is 9.15 Å². The molecule has 2 aromatic heterocycles. The van der Waals surface area contributed by atoms with E-state index in [1.165, 1.54) is 17.0 Å². The first kappa shape index (κ1) is 18.8. The van der Waals surface area contributed by atoms with Gasteiger partial charge < -0.3 is 24.7 Å². The minimum Gasteiger partial charge on any atom is -0.459 e. The molecule has 1 saturated heterocycles. The van der Waals surface area contributed by atoms with Crippen LogP contribution in [0.4, 0.5) is 17.2 Å². The van der Waals surface area contributed by atoms with E-state index in [9.17, 15) is 9.59 Å². The molecule has 3 aromatic rings. The fourth-order valence-electron chi connectivity index (χ4n) is 3.05. The number of nitrogens with zero attached hydrogens (tertiary/aromatic N) is 3. The maximum Gasteiger partial charge on any atom is 0.292 e. The Morgan fingerprint density at radius 3 is 2.48 bits per heavy atom. The van der Waals surface area contributed by atoms with Gasteiger partial charge in [-0.05, 0) is 36.4 Å². The van der Waals surface area contributed by atoms with Crippen molar-refractivity contribution in [1.82, 2.24) is 9.78 Å². The number of morpholine rings is 1. The Kier molecular flexibility index (Phi) is 5.30. The number of nitrogens with one attached hydrogen (secondary N) is 2. The lowest BCUT2D eigenvalue weighted by atomic mass is 10.2. The van der Waals surface area contributed by atoms with E-state index in [1.807, 2.05) is 24.3 Å². The molecule has 1 aromatic carbocycles. The van der Waals surface area contributed by atoms with Crippen molar-refractivity contribution in [2.24, 2.45) is 7.05 Å². The standard InChI is InChI=1S/C20H21N5O4/c1-24-18(22-20(27)17-3-2-10-29-17)13-16(23-24)19(26)21-14-4-6-15(7-5-14)25-8-11-28-12-9-25/h2-7,10,13H,8-9,11-12H2,1H3,(H,21,26)(H,22,27). The summed E-state index contributed by atoms with van der Waals surface area (Å²) in [5.41, 5.74) is 1.95. The highest BCUT2D eigenvalue weighted by molar-refractivity contribution is 6.05. The Balaban J connectivity index is 1.40. The third-order valence-corrected chi connectivity index (χ3v) is 4.60. The van der Waals surface area contributed by atoms with E-state index < -0.39 is 5.91 Å². The van der Waals surface area contributed by atoms with Crippen LogP contribution in [0.1, 0.15) is 21.0 Å². The van der Waals surface area contributed by atoms with Gasteiger partial charge in [-0.15, -0.1) is 0 Å². The first-order chi connectivity index (χ1) is 14.1. The predicted octanol–water partition coefficient (Wildman–Crippen LogP) is 2.35. The number of rotatable bonds is 5. The van der Waals surface area contributed by atoms with Crippen LogP contribution < -0.4 is 15.5 Å². The predicted molar refractivity (Wildman–Crippen MR) is 107 cm³/mol. The number of carbonyl (C=O) groups excluding carboxylic acids is 2. The summed E-state index contributed by atoms with van der Waals surface area (Å²) in [4.78, 5) is 26.9. The Hall–Kier alpha value is -3.59. The molecule has 0 atom stereocenters. The van der Waals surface area contributed by atoms with Crippen molar-refractivity contribution in [2.75, 3.05) is 41.8 Å². The number of ether oxygens (including phenoxy) is 1. The molecule has 0 radical (unpaired) electrons. The quantitative estimate of drug-likeness (QED) is 0.688. The number of furan rings is 1. The van der Waals surface area contributed by atoms with E-state index in [1.54, 1.807) is 19.2 Å². The molecule has 3 heterocycles.